The van der Waals surface area contributed by atoms with Crippen molar-refractivity contribution in [3.05, 3.63) is 0 Å². The number of aliphatic carboxylic acids is 1. The summed E-state index contributed by atoms with van der Waals surface area (Å²) >= 11 is 0. The molecule has 2 saturated carbocycles. The summed E-state index contributed by atoms with van der Waals surface area (Å²) in [5.74, 6) is -1.64. The van der Waals surface area contributed by atoms with Crippen LogP contribution in [-0.2, 0) is 9.53 Å². The Morgan fingerprint density at radius 1 is 1.21 bits per heavy atom. The highest BCUT2D eigenvalue weighted by molar-refractivity contribution is 5.74. The molecule has 0 amide bonds. The van der Waals surface area contributed by atoms with Gasteiger partial charge in [-0.05, 0) is 25.2 Å². The summed E-state index contributed by atoms with van der Waals surface area (Å²) in [6.07, 6.45) is 3.33. The summed E-state index contributed by atoms with van der Waals surface area (Å²) < 4.78 is 6.08. The van der Waals surface area contributed by atoms with Crippen molar-refractivity contribution < 1.29 is 19.7 Å². The molecule has 108 valence electrons. The van der Waals surface area contributed by atoms with Gasteiger partial charge in [0.25, 0.3) is 0 Å². The molecule has 2 aliphatic carbocycles. The number of rotatable bonds is 1. The lowest BCUT2D eigenvalue weighted by atomic mass is 9.45. The van der Waals surface area contributed by atoms with Gasteiger partial charge in [0.1, 0.15) is 5.60 Å². The third-order valence-corrected chi connectivity index (χ3v) is 6.18. The van der Waals surface area contributed by atoms with E-state index in [0.717, 1.165) is 19.3 Å². The van der Waals surface area contributed by atoms with Crippen LogP contribution in [0.25, 0.3) is 0 Å². The second-order valence-electron chi connectivity index (χ2n) is 7.83. The summed E-state index contributed by atoms with van der Waals surface area (Å²) in [5, 5.41) is 20.3. The Morgan fingerprint density at radius 2 is 1.84 bits per heavy atom. The molecule has 1 spiro atoms. The molecule has 2 N–H and O–H groups in total. The quantitative estimate of drug-likeness (QED) is 0.715. The fourth-order valence-electron chi connectivity index (χ4n) is 5.59. The van der Waals surface area contributed by atoms with Gasteiger partial charge in [0, 0.05) is 11.8 Å². The smallest absolute Gasteiger partial charge is 0.310 e. The Hall–Kier alpha value is -0.610. The Morgan fingerprint density at radius 3 is 2.42 bits per heavy atom. The van der Waals surface area contributed by atoms with E-state index in [-0.39, 0.29) is 17.1 Å². The van der Waals surface area contributed by atoms with Crippen LogP contribution in [0.2, 0.25) is 0 Å². The van der Waals surface area contributed by atoms with Gasteiger partial charge in [-0.1, -0.05) is 27.2 Å². The zero-order valence-corrected chi connectivity index (χ0v) is 12.2. The molecule has 0 bridgehead atoms. The van der Waals surface area contributed by atoms with Crippen molar-refractivity contribution in [1.82, 2.24) is 0 Å². The molecule has 1 saturated heterocycles. The van der Waals surface area contributed by atoms with Crippen molar-refractivity contribution in [3.8, 4) is 0 Å². The third kappa shape index (κ3) is 1.34. The lowest BCUT2D eigenvalue weighted by molar-refractivity contribution is -0.184. The first-order valence-electron chi connectivity index (χ1n) is 7.21. The number of carboxylic acid groups (broad SMARTS) is 1. The summed E-state index contributed by atoms with van der Waals surface area (Å²) in [7, 11) is 0. The van der Waals surface area contributed by atoms with Gasteiger partial charge in [-0.2, -0.15) is 0 Å². The number of carbonyl (C=O) groups is 1. The molecular formula is C15H24O4. The van der Waals surface area contributed by atoms with Crippen molar-refractivity contribution >= 4 is 5.97 Å². The van der Waals surface area contributed by atoms with E-state index in [1.54, 1.807) is 6.92 Å². The largest absolute Gasteiger partial charge is 0.481 e. The Balaban J connectivity index is 2.14. The van der Waals surface area contributed by atoms with Crippen LogP contribution < -0.4 is 0 Å². The average molecular weight is 268 g/mol. The molecule has 3 fully saturated rings. The highest BCUT2D eigenvalue weighted by Crippen LogP contribution is 2.73. The average Bonchev–Trinajstić information content (AvgIpc) is 2.88. The van der Waals surface area contributed by atoms with Crippen LogP contribution >= 0.6 is 0 Å². The van der Waals surface area contributed by atoms with Gasteiger partial charge >= 0.3 is 5.97 Å². The fraction of sp³-hybridized carbons (Fsp3) is 0.933. The molecule has 1 aliphatic heterocycles. The van der Waals surface area contributed by atoms with E-state index < -0.39 is 22.9 Å². The minimum absolute atomic E-state index is 0.0124. The van der Waals surface area contributed by atoms with Crippen LogP contribution in [0.4, 0.5) is 0 Å². The molecule has 5 atom stereocenters. The monoisotopic (exact) mass is 268 g/mol. The number of hydrogen-bond donors (Lipinski definition) is 2. The minimum atomic E-state index is -1.18. The summed E-state index contributed by atoms with van der Waals surface area (Å²) in [6, 6.07) is 0. The van der Waals surface area contributed by atoms with Gasteiger partial charge in [0.05, 0.1) is 17.6 Å². The molecule has 0 unspecified atom stereocenters. The first-order chi connectivity index (χ1) is 8.58. The van der Waals surface area contributed by atoms with E-state index in [1.165, 1.54) is 0 Å². The van der Waals surface area contributed by atoms with Gasteiger partial charge in [-0.25, -0.2) is 0 Å². The normalized spacial score (nSPS) is 55.0. The van der Waals surface area contributed by atoms with Gasteiger partial charge in [-0.15, -0.1) is 0 Å². The van der Waals surface area contributed by atoms with E-state index in [1.807, 2.05) is 6.92 Å². The van der Waals surface area contributed by atoms with Crippen LogP contribution in [0.5, 0.6) is 0 Å². The molecule has 0 radical (unpaired) electrons. The SMILES string of the molecule is CC1(C)CCC[C@]2(C)[C@@H](C(=O)O)[C@@](C)(O)C[C@@H]3O[C@]312. The van der Waals surface area contributed by atoms with E-state index in [2.05, 4.69) is 13.8 Å². The third-order valence-electron chi connectivity index (χ3n) is 6.18. The summed E-state index contributed by atoms with van der Waals surface area (Å²) in [4.78, 5) is 11.8. The number of carboxylic acids is 1. The van der Waals surface area contributed by atoms with Crippen molar-refractivity contribution in [2.45, 2.75) is 70.7 Å². The number of hydrogen-bond acceptors (Lipinski definition) is 3. The first-order valence-corrected chi connectivity index (χ1v) is 7.21. The van der Waals surface area contributed by atoms with Gasteiger partial charge in [0.2, 0.25) is 0 Å². The summed E-state index contributed by atoms with van der Waals surface area (Å²) in [6.45, 7) is 8.04. The highest BCUT2D eigenvalue weighted by Gasteiger charge is 2.81. The predicted octanol–water partition coefficient (Wildman–Crippen LogP) is 2.20. The van der Waals surface area contributed by atoms with Gasteiger partial charge in [0.15, 0.2) is 0 Å². The Kier molecular flexibility index (Phi) is 2.35. The van der Waals surface area contributed by atoms with E-state index in [4.69, 9.17) is 4.74 Å². The fourth-order valence-corrected chi connectivity index (χ4v) is 5.59. The second kappa shape index (κ2) is 3.34. The van der Waals surface area contributed by atoms with E-state index in [0.29, 0.717) is 6.42 Å². The van der Waals surface area contributed by atoms with E-state index in [9.17, 15) is 15.0 Å². The molecule has 4 nitrogen and oxygen atoms in total. The lowest BCUT2D eigenvalue weighted by Gasteiger charge is -2.57. The Bertz CT molecular complexity index is 441. The molecule has 1 heterocycles. The van der Waals surface area contributed by atoms with Crippen LogP contribution in [0.1, 0.15) is 53.4 Å². The van der Waals surface area contributed by atoms with Gasteiger partial charge in [-0.3, -0.25) is 4.79 Å². The summed E-state index contributed by atoms with van der Waals surface area (Å²) in [5.41, 5.74) is -2.04. The molecule has 3 aliphatic rings. The standard InChI is InChI=1S/C15H24O4/c1-12(2)6-5-7-13(3)10(11(16)17)14(4,18)8-9-15(12,13)19-9/h9-10,18H,5-8H2,1-4H3,(H,16,17)/t9-,10+,13+,14-,15+/m0/s1. The number of aliphatic hydroxyl groups is 1. The first kappa shape index (κ1) is 13.4. The topological polar surface area (TPSA) is 70.1 Å². The predicted molar refractivity (Wildman–Crippen MR) is 69.7 cm³/mol. The van der Waals surface area contributed by atoms with E-state index >= 15 is 0 Å². The number of epoxide rings is 1. The zero-order chi connectivity index (χ0) is 14.3. The minimum Gasteiger partial charge on any atom is -0.481 e. The van der Waals surface area contributed by atoms with Crippen molar-refractivity contribution in [2.24, 2.45) is 16.7 Å². The Labute approximate surface area is 114 Å². The van der Waals surface area contributed by atoms with Crippen LogP contribution in [-0.4, -0.2) is 33.5 Å². The molecule has 0 aromatic carbocycles. The van der Waals surface area contributed by atoms with Crippen LogP contribution in [0.3, 0.4) is 0 Å². The van der Waals surface area contributed by atoms with Crippen LogP contribution in [0, 0.1) is 16.7 Å². The highest BCUT2D eigenvalue weighted by atomic mass is 16.6. The molecular weight excluding hydrogens is 244 g/mol. The molecule has 4 heteroatoms. The zero-order valence-electron chi connectivity index (χ0n) is 12.2. The number of ether oxygens (including phenoxy) is 1. The maximum Gasteiger partial charge on any atom is 0.310 e. The lowest BCUT2D eigenvalue weighted by Crippen LogP contribution is -2.65. The second-order valence-corrected chi connectivity index (χ2v) is 7.83. The van der Waals surface area contributed by atoms with Crippen molar-refractivity contribution in [1.29, 1.82) is 0 Å². The molecule has 3 rings (SSSR count). The van der Waals surface area contributed by atoms with Gasteiger partial charge < -0.3 is 14.9 Å². The maximum absolute atomic E-state index is 11.8. The van der Waals surface area contributed by atoms with Crippen molar-refractivity contribution in [3.63, 3.8) is 0 Å². The molecule has 0 aromatic rings. The molecule has 19 heavy (non-hydrogen) atoms. The molecule has 0 aromatic heterocycles. The van der Waals surface area contributed by atoms with Crippen LogP contribution in [0.15, 0.2) is 0 Å². The maximum atomic E-state index is 11.8. The van der Waals surface area contributed by atoms with Crippen molar-refractivity contribution in [2.75, 3.05) is 0 Å².